The fraction of sp³-hybridized carbons (Fsp3) is 0.538. The topological polar surface area (TPSA) is 29.1 Å². The summed E-state index contributed by atoms with van der Waals surface area (Å²) in [6.07, 6.45) is 4.10. The van der Waals surface area contributed by atoms with Gasteiger partial charge in [0.1, 0.15) is 7.29 Å². The summed E-state index contributed by atoms with van der Waals surface area (Å²) in [5.41, 5.74) is 1.22. The van der Waals surface area contributed by atoms with Crippen LogP contribution in [0.3, 0.4) is 0 Å². The number of benzene rings is 1. The van der Waals surface area contributed by atoms with E-state index in [1.54, 1.807) is 0 Å². The Kier molecular flexibility index (Phi) is 3.83. The van der Waals surface area contributed by atoms with Gasteiger partial charge in [0.05, 0.1) is 0 Å². The average molecular weight is 237 g/mol. The van der Waals surface area contributed by atoms with Crippen molar-refractivity contribution in [1.82, 2.24) is 5.09 Å². The Morgan fingerprint density at radius 2 is 2.12 bits per heavy atom. The zero-order valence-electron chi connectivity index (χ0n) is 9.86. The molecular weight excluding hydrogens is 217 g/mol. The molecule has 0 radical (unpaired) electrons. The second-order valence-electron chi connectivity index (χ2n) is 4.86. The van der Waals surface area contributed by atoms with Gasteiger partial charge in [-0.3, -0.25) is 5.09 Å². The largest absolute Gasteiger partial charge is 0.307 e. The van der Waals surface area contributed by atoms with Crippen LogP contribution < -0.4 is 5.09 Å². The zero-order chi connectivity index (χ0) is 11.4. The first-order valence-corrected chi connectivity index (χ1v) is 8.13. The van der Waals surface area contributed by atoms with Crippen LogP contribution in [0.5, 0.6) is 0 Å². The van der Waals surface area contributed by atoms with Gasteiger partial charge in [-0.2, -0.15) is 0 Å². The molecule has 1 saturated heterocycles. The van der Waals surface area contributed by atoms with Gasteiger partial charge in [-0.25, -0.2) is 0 Å². The lowest BCUT2D eigenvalue weighted by atomic mass is 10.1. The van der Waals surface area contributed by atoms with Crippen molar-refractivity contribution in [3.05, 3.63) is 35.9 Å². The van der Waals surface area contributed by atoms with Gasteiger partial charge in [-0.1, -0.05) is 37.3 Å². The lowest BCUT2D eigenvalue weighted by molar-refractivity contribution is 0.502. The van der Waals surface area contributed by atoms with E-state index in [2.05, 4.69) is 24.1 Å². The van der Waals surface area contributed by atoms with Crippen molar-refractivity contribution in [3.8, 4) is 0 Å². The van der Waals surface area contributed by atoms with E-state index in [0.717, 1.165) is 25.3 Å². The summed E-state index contributed by atoms with van der Waals surface area (Å²) < 4.78 is 12.5. The van der Waals surface area contributed by atoms with Gasteiger partial charge >= 0.3 is 0 Å². The smallest absolute Gasteiger partial charge is 0.148 e. The number of hydrogen-bond acceptors (Lipinski definition) is 1. The molecule has 0 bridgehead atoms. The Hall–Kier alpha value is -0.590. The van der Waals surface area contributed by atoms with E-state index in [4.69, 9.17) is 0 Å². The molecule has 2 unspecified atom stereocenters. The van der Waals surface area contributed by atoms with Crippen LogP contribution in [0.25, 0.3) is 0 Å². The fourth-order valence-corrected chi connectivity index (χ4v) is 5.18. The molecule has 3 heteroatoms. The Morgan fingerprint density at radius 3 is 2.81 bits per heavy atom. The summed E-state index contributed by atoms with van der Waals surface area (Å²) in [5.74, 6) is 0.614. The Bertz CT molecular complexity index is 377. The first-order valence-electron chi connectivity index (χ1n) is 6.05. The van der Waals surface area contributed by atoms with Gasteiger partial charge in [0.2, 0.25) is 0 Å². The highest BCUT2D eigenvalue weighted by Crippen LogP contribution is 2.48. The average Bonchev–Trinajstić information content (AvgIpc) is 2.28. The normalized spacial score (nSPS) is 30.2. The minimum absolute atomic E-state index is 0.614. The molecule has 0 saturated carbocycles. The molecule has 2 rings (SSSR count). The molecule has 16 heavy (non-hydrogen) atoms. The molecule has 1 heterocycles. The second-order valence-corrected chi connectivity index (χ2v) is 7.77. The summed E-state index contributed by atoms with van der Waals surface area (Å²) in [6, 6.07) is 10.2. The first-order chi connectivity index (χ1) is 7.68. The van der Waals surface area contributed by atoms with Crippen molar-refractivity contribution in [2.45, 2.75) is 26.3 Å². The first kappa shape index (κ1) is 11.9. The third-order valence-corrected chi connectivity index (χ3v) is 6.22. The van der Waals surface area contributed by atoms with Gasteiger partial charge in [0.15, 0.2) is 0 Å². The van der Waals surface area contributed by atoms with E-state index in [0.29, 0.717) is 5.92 Å². The molecular formula is C13H20NOP. The quantitative estimate of drug-likeness (QED) is 0.815. The summed E-state index contributed by atoms with van der Waals surface area (Å²) >= 11 is 0. The van der Waals surface area contributed by atoms with Gasteiger partial charge in [-0.15, -0.1) is 0 Å². The molecule has 1 N–H and O–H groups in total. The van der Waals surface area contributed by atoms with Crippen molar-refractivity contribution in [3.63, 3.8) is 0 Å². The number of nitrogens with one attached hydrogen (secondary N) is 1. The maximum absolute atomic E-state index is 12.5. The fourth-order valence-electron chi connectivity index (χ4n) is 2.36. The lowest BCUT2D eigenvalue weighted by Crippen LogP contribution is -2.22. The van der Waals surface area contributed by atoms with Gasteiger partial charge in [0, 0.05) is 18.9 Å². The molecule has 1 fully saturated rings. The molecule has 0 amide bonds. The van der Waals surface area contributed by atoms with Crippen LogP contribution in [0.15, 0.2) is 30.3 Å². The summed E-state index contributed by atoms with van der Waals surface area (Å²) in [6.45, 7) is 2.95. The van der Waals surface area contributed by atoms with Crippen LogP contribution in [-0.2, 0) is 11.1 Å². The Balaban J connectivity index is 1.92. The van der Waals surface area contributed by atoms with Crippen molar-refractivity contribution >= 4 is 7.29 Å². The third kappa shape index (κ3) is 3.20. The van der Waals surface area contributed by atoms with Crippen molar-refractivity contribution in [2.75, 3.05) is 12.3 Å². The molecule has 0 aliphatic carbocycles. The minimum Gasteiger partial charge on any atom is -0.307 e. The zero-order valence-corrected chi connectivity index (χ0v) is 10.7. The maximum atomic E-state index is 12.5. The lowest BCUT2D eigenvalue weighted by Gasteiger charge is -2.28. The van der Waals surface area contributed by atoms with Gasteiger partial charge in [0.25, 0.3) is 0 Å². The molecule has 88 valence electrons. The Morgan fingerprint density at radius 1 is 1.38 bits per heavy atom. The van der Waals surface area contributed by atoms with Gasteiger partial charge < -0.3 is 4.57 Å². The summed E-state index contributed by atoms with van der Waals surface area (Å²) in [5, 5.41) is 3.30. The van der Waals surface area contributed by atoms with Crippen LogP contribution in [0.1, 0.15) is 25.3 Å². The van der Waals surface area contributed by atoms with Crippen LogP contribution in [-0.4, -0.2) is 12.3 Å². The SMILES string of the molecule is CC1CCCP(=O)(NCc2ccccc2)C1. The van der Waals surface area contributed by atoms with E-state index < -0.39 is 7.29 Å². The molecule has 2 atom stereocenters. The standard InChI is InChI=1S/C13H20NOP/c1-12-6-5-9-16(15,11-12)14-10-13-7-3-2-4-8-13/h2-4,7-8,12H,5-6,9-11H2,1H3,(H,14,15). The maximum Gasteiger partial charge on any atom is 0.148 e. The van der Waals surface area contributed by atoms with E-state index in [1.165, 1.54) is 12.0 Å². The highest BCUT2D eigenvalue weighted by molar-refractivity contribution is 7.61. The molecule has 0 spiro atoms. The molecule has 1 aromatic carbocycles. The van der Waals surface area contributed by atoms with Crippen molar-refractivity contribution in [2.24, 2.45) is 5.92 Å². The van der Waals surface area contributed by atoms with Crippen LogP contribution >= 0.6 is 7.29 Å². The van der Waals surface area contributed by atoms with E-state index >= 15 is 0 Å². The van der Waals surface area contributed by atoms with E-state index in [-0.39, 0.29) is 0 Å². The minimum atomic E-state index is -2.09. The van der Waals surface area contributed by atoms with Crippen molar-refractivity contribution in [1.29, 1.82) is 0 Å². The highest BCUT2D eigenvalue weighted by atomic mass is 31.2. The van der Waals surface area contributed by atoms with Crippen molar-refractivity contribution < 1.29 is 4.57 Å². The molecule has 1 aliphatic rings. The summed E-state index contributed by atoms with van der Waals surface area (Å²) in [4.78, 5) is 0. The number of hydrogen-bond donors (Lipinski definition) is 1. The van der Waals surface area contributed by atoms with E-state index in [9.17, 15) is 4.57 Å². The molecule has 2 nitrogen and oxygen atoms in total. The van der Waals surface area contributed by atoms with Gasteiger partial charge in [-0.05, 0) is 24.3 Å². The van der Waals surface area contributed by atoms with Crippen LogP contribution in [0.2, 0.25) is 0 Å². The Labute approximate surface area is 97.9 Å². The predicted octanol–water partition coefficient (Wildman–Crippen LogP) is 3.48. The molecule has 1 aliphatic heterocycles. The predicted molar refractivity (Wildman–Crippen MR) is 69.0 cm³/mol. The second kappa shape index (κ2) is 5.16. The highest BCUT2D eigenvalue weighted by Gasteiger charge is 2.28. The monoisotopic (exact) mass is 237 g/mol. The van der Waals surface area contributed by atoms with Crippen LogP contribution in [0, 0.1) is 5.92 Å². The molecule has 1 aromatic rings. The van der Waals surface area contributed by atoms with E-state index in [1.807, 2.05) is 18.2 Å². The summed E-state index contributed by atoms with van der Waals surface area (Å²) in [7, 11) is -2.09. The molecule has 0 aromatic heterocycles. The number of rotatable bonds is 3. The van der Waals surface area contributed by atoms with Crippen LogP contribution in [0.4, 0.5) is 0 Å². The third-order valence-electron chi connectivity index (χ3n) is 3.24.